The Morgan fingerprint density at radius 2 is 1.64 bits per heavy atom. The smallest absolute Gasteiger partial charge is 0.227 e. The number of amides is 2. The zero-order valence-corrected chi connectivity index (χ0v) is 17.2. The van der Waals surface area contributed by atoms with Gasteiger partial charge < -0.3 is 10.2 Å². The summed E-state index contributed by atoms with van der Waals surface area (Å²) >= 11 is 0. The van der Waals surface area contributed by atoms with Gasteiger partial charge >= 0.3 is 0 Å². The van der Waals surface area contributed by atoms with Crippen molar-refractivity contribution in [1.29, 1.82) is 0 Å². The van der Waals surface area contributed by atoms with E-state index in [0.29, 0.717) is 38.0 Å². The summed E-state index contributed by atoms with van der Waals surface area (Å²) in [4.78, 5) is 26.6. The number of nitrogens with one attached hydrogen (secondary N) is 1. The fourth-order valence-corrected chi connectivity index (χ4v) is 4.91. The van der Waals surface area contributed by atoms with Crippen LogP contribution in [0.2, 0.25) is 0 Å². The Balaban J connectivity index is 1.49. The predicted molar refractivity (Wildman–Crippen MR) is 108 cm³/mol. The molecule has 154 valence electrons. The predicted octanol–water partition coefficient (Wildman–Crippen LogP) is 1.85. The van der Waals surface area contributed by atoms with Gasteiger partial charge in [0, 0.05) is 37.8 Å². The van der Waals surface area contributed by atoms with Crippen LogP contribution in [0, 0.1) is 5.92 Å². The van der Waals surface area contributed by atoms with Gasteiger partial charge in [0.15, 0.2) is 0 Å². The molecule has 1 aromatic carbocycles. The van der Waals surface area contributed by atoms with Gasteiger partial charge in [0.2, 0.25) is 21.8 Å². The molecule has 2 saturated heterocycles. The first-order chi connectivity index (χ1) is 13.4. The lowest BCUT2D eigenvalue weighted by atomic mass is 9.97. The molecular formula is C20H29N3O4S. The number of hydrogen-bond acceptors (Lipinski definition) is 4. The molecule has 3 rings (SSSR count). The van der Waals surface area contributed by atoms with Crippen molar-refractivity contribution >= 4 is 27.5 Å². The van der Waals surface area contributed by atoms with Crippen molar-refractivity contribution in [3.8, 4) is 0 Å². The fraction of sp³-hybridized carbons (Fsp3) is 0.600. The molecule has 1 aromatic rings. The van der Waals surface area contributed by atoms with Crippen LogP contribution in [-0.2, 0) is 26.0 Å². The van der Waals surface area contributed by atoms with Crippen LogP contribution in [0.3, 0.4) is 0 Å². The van der Waals surface area contributed by atoms with E-state index < -0.39 is 10.0 Å². The van der Waals surface area contributed by atoms with Crippen LogP contribution in [0.25, 0.3) is 0 Å². The lowest BCUT2D eigenvalue weighted by Gasteiger charge is -2.30. The fourth-order valence-electron chi connectivity index (χ4n) is 3.78. The van der Waals surface area contributed by atoms with E-state index in [1.54, 1.807) is 6.92 Å². The second-order valence-electron chi connectivity index (χ2n) is 7.52. The van der Waals surface area contributed by atoms with E-state index in [2.05, 4.69) is 5.32 Å². The molecule has 0 atom stereocenters. The van der Waals surface area contributed by atoms with Crippen LogP contribution >= 0.6 is 0 Å². The maximum absolute atomic E-state index is 12.5. The van der Waals surface area contributed by atoms with Gasteiger partial charge in [0.05, 0.1) is 12.2 Å². The van der Waals surface area contributed by atoms with E-state index in [0.717, 1.165) is 31.5 Å². The number of benzene rings is 1. The number of carbonyl (C=O) groups excluding carboxylic acids is 2. The Kier molecular flexibility index (Phi) is 6.72. The minimum atomic E-state index is -3.18. The minimum absolute atomic E-state index is 0.0746. The standard InChI is InChI=1S/C20H29N3O4S/c1-2-28(26,27)23-13-9-17(10-14-23)20(25)21-18-7-5-16(6-8-18)15-19(24)22-11-3-4-12-22/h5-8,17H,2-4,9-15H2,1H3,(H,21,25). The maximum atomic E-state index is 12.5. The van der Waals surface area contributed by atoms with E-state index in [1.807, 2.05) is 29.2 Å². The van der Waals surface area contributed by atoms with Gasteiger partial charge in [-0.05, 0) is 50.3 Å². The molecular weight excluding hydrogens is 378 g/mol. The first-order valence-corrected chi connectivity index (χ1v) is 11.7. The normalized spacial score (nSPS) is 19.0. The van der Waals surface area contributed by atoms with Crippen molar-refractivity contribution in [1.82, 2.24) is 9.21 Å². The van der Waals surface area contributed by atoms with Crippen molar-refractivity contribution < 1.29 is 18.0 Å². The third-order valence-electron chi connectivity index (χ3n) is 5.62. The second-order valence-corrected chi connectivity index (χ2v) is 9.78. The van der Waals surface area contributed by atoms with Crippen molar-refractivity contribution in [2.75, 3.05) is 37.2 Å². The van der Waals surface area contributed by atoms with E-state index in [9.17, 15) is 18.0 Å². The molecule has 28 heavy (non-hydrogen) atoms. The molecule has 1 N–H and O–H groups in total. The summed E-state index contributed by atoms with van der Waals surface area (Å²) in [5, 5.41) is 2.91. The lowest BCUT2D eigenvalue weighted by molar-refractivity contribution is -0.129. The molecule has 8 heteroatoms. The number of rotatable bonds is 6. The molecule has 0 aliphatic carbocycles. The van der Waals surface area contributed by atoms with E-state index in [-0.39, 0.29) is 23.5 Å². The van der Waals surface area contributed by atoms with Gasteiger partial charge in [-0.25, -0.2) is 12.7 Å². The number of piperidine rings is 1. The monoisotopic (exact) mass is 407 g/mol. The first kappa shape index (κ1) is 20.8. The Labute approximate surface area is 167 Å². The number of carbonyl (C=O) groups is 2. The molecule has 0 radical (unpaired) electrons. The first-order valence-electron chi connectivity index (χ1n) is 10.0. The van der Waals surface area contributed by atoms with E-state index >= 15 is 0 Å². The highest BCUT2D eigenvalue weighted by atomic mass is 32.2. The van der Waals surface area contributed by atoms with Crippen molar-refractivity contribution in [3.63, 3.8) is 0 Å². The Hall–Kier alpha value is -1.93. The van der Waals surface area contributed by atoms with Gasteiger partial charge in [-0.3, -0.25) is 9.59 Å². The Bertz CT molecular complexity index is 793. The van der Waals surface area contributed by atoms with Crippen molar-refractivity contribution in [3.05, 3.63) is 29.8 Å². The lowest BCUT2D eigenvalue weighted by Crippen LogP contribution is -2.42. The van der Waals surface area contributed by atoms with Crippen molar-refractivity contribution in [2.24, 2.45) is 5.92 Å². The molecule has 2 aliphatic heterocycles. The molecule has 2 aliphatic rings. The summed E-state index contributed by atoms with van der Waals surface area (Å²) in [6, 6.07) is 7.39. The molecule has 0 unspecified atom stereocenters. The average molecular weight is 408 g/mol. The van der Waals surface area contributed by atoms with E-state index in [4.69, 9.17) is 0 Å². The average Bonchev–Trinajstić information content (AvgIpc) is 3.24. The highest BCUT2D eigenvalue weighted by Crippen LogP contribution is 2.22. The molecule has 0 spiro atoms. The molecule has 0 aromatic heterocycles. The van der Waals surface area contributed by atoms with Crippen LogP contribution in [0.1, 0.15) is 38.2 Å². The number of sulfonamides is 1. The summed E-state index contributed by atoms with van der Waals surface area (Å²) in [6.07, 6.45) is 3.62. The summed E-state index contributed by atoms with van der Waals surface area (Å²) in [7, 11) is -3.18. The van der Waals surface area contributed by atoms with Gasteiger partial charge in [0.1, 0.15) is 0 Å². The number of anilines is 1. The summed E-state index contributed by atoms with van der Waals surface area (Å²) in [5.74, 6) is -0.00605. The molecule has 2 heterocycles. The van der Waals surface area contributed by atoms with Crippen LogP contribution in [-0.4, -0.2) is 61.4 Å². The number of likely N-dealkylation sites (tertiary alicyclic amines) is 1. The topological polar surface area (TPSA) is 86.8 Å². The zero-order valence-electron chi connectivity index (χ0n) is 16.4. The van der Waals surface area contributed by atoms with Crippen LogP contribution in [0.4, 0.5) is 5.69 Å². The van der Waals surface area contributed by atoms with Gasteiger partial charge in [-0.2, -0.15) is 0 Å². The molecule has 0 saturated carbocycles. The largest absolute Gasteiger partial charge is 0.342 e. The molecule has 7 nitrogen and oxygen atoms in total. The third-order valence-corrected chi connectivity index (χ3v) is 7.50. The molecule has 0 bridgehead atoms. The van der Waals surface area contributed by atoms with Crippen LogP contribution in [0.15, 0.2) is 24.3 Å². The Morgan fingerprint density at radius 1 is 1.04 bits per heavy atom. The summed E-state index contributed by atoms with van der Waals surface area (Å²) in [6.45, 7) is 4.13. The third kappa shape index (κ3) is 5.11. The number of hydrogen-bond donors (Lipinski definition) is 1. The highest BCUT2D eigenvalue weighted by molar-refractivity contribution is 7.89. The minimum Gasteiger partial charge on any atom is -0.342 e. The van der Waals surface area contributed by atoms with Gasteiger partial charge in [0.25, 0.3) is 0 Å². The zero-order chi connectivity index (χ0) is 20.1. The molecule has 2 amide bonds. The van der Waals surface area contributed by atoms with Gasteiger partial charge in [-0.15, -0.1) is 0 Å². The van der Waals surface area contributed by atoms with Crippen molar-refractivity contribution in [2.45, 2.75) is 39.0 Å². The summed E-state index contributed by atoms with van der Waals surface area (Å²) < 4.78 is 25.3. The highest BCUT2D eigenvalue weighted by Gasteiger charge is 2.30. The quantitative estimate of drug-likeness (QED) is 0.780. The van der Waals surface area contributed by atoms with E-state index in [1.165, 1.54) is 4.31 Å². The number of nitrogens with zero attached hydrogens (tertiary/aromatic N) is 2. The molecule has 2 fully saturated rings. The Morgan fingerprint density at radius 3 is 2.21 bits per heavy atom. The summed E-state index contributed by atoms with van der Waals surface area (Å²) in [5.41, 5.74) is 1.64. The second kappa shape index (κ2) is 9.05. The SMILES string of the molecule is CCS(=O)(=O)N1CCC(C(=O)Nc2ccc(CC(=O)N3CCCC3)cc2)CC1. The van der Waals surface area contributed by atoms with Crippen LogP contribution < -0.4 is 5.32 Å². The maximum Gasteiger partial charge on any atom is 0.227 e. The van der Waals surface area contributed by atoms with Gasteiger partial charge in [-0.1, -0.05) is 12.1 Å². The van der Waals surface area contributed by atoms with Crippen LogP contribution in [0.5, 0.6) is 0 Å².